The van der Waals surface area contributed by atoms with Gasteiger partial charge in [0.05, 0.1) is 18.1 Å². The summed E-state index contributed by atoms with van der Waals surface area (Å²) in [6.07, 6.45) is 3.11. The summed E-state index contributed by atoms with van der Waals surface area (Å²) < 4.78 is 5.08. The molecule has 1 rings (SSSR count). The van der Waals surface area contributed by atoms with Crippen LogP contribution in [0.3, 0.4) is 0 Å². The molecule has 1 N–H and O–H groups in total. The number of nitro benzene ring substituents is 1. The first-order valence-corrected chi connectivity index (χ1v) is 6.20. The minimum Gasteiger partial charge on any atom is -0.496 e. The van der Waals surface area contributed by atoms with E-state index in [0.717, 1.165) is 24.9 Å². The number of hydrogen-bond donors (Lipinski definition) is 1. The third kappa shape index (κ3) is 3.91. The van der Waals surface area contributed by atoms with Gasteiger partial charge in [-0.3, -0.25) is 10.1 Å². The number of hydrogen-bond acceptors (Lipinski definition) is 4. The second-order valence-corrected chi connectivity index (χ2v) is 4.22. The van der Waals surface area contributed by atoms with Crippen molar-refractivity contribution < 1.29 is 9.66 Å². The zero-order valence-electron chi connectivity index (χ0n) is 11.1. The van der Waals surface area contributed by atoms with Gasteiger partial charge in [0, 0.05) is 23.9 Å². The number of rotatable bonds is 7. The molecule has 0 fully saturated rings. The Morgan fingerprint density at radius 2 is 2.11 bits per heavy atom. The summed E-state index contributed by atoms with van der Waals surface area (Å²) in [5.41, 5.74) is 0.782. The fraction of sp³-hybridized carbons (Fsp3) is 0.538. The fourth-order valence-electron chi connectivity index (χ4n) is 1.85. The normalized spacial score (nSPS) is 11.9. The van der Waals surface area contributed by atoms with E-state index < -0.39 is 4.92 Å². The van der Waals surface area contributed by atoms with Crippen LogP contribution in [0.25, 0.3) is 0 Å². The molecule has 1 unspecified atom stereocenters. The van der Waals surface area contributed by atoms with Crippen LogP contribution in [0.15, 0.2) is 18.2 Å². The van der Waals surface area contributed by atoms with E-state index in [-0.39, 0.29) is 5.69 Å². The third-order valence-corrected chi connectivity index (χ3v) is 2.84. The van der Waals surface area contributed by atoms with Gasteiger partial charge in [0.2, 0.25) is 0 Å². The van der Waals surface area contributed by atoms with Gasteiger partial charge in [-0.15, -0.1) is 0 Å². The Morgan fingerprint density at radius 3 is 2.61 bits per heavy atom. The van der Waals surface area contributed by atoms with Gasteiger partial charge in [-0.25, -0.2) is 0 Å². The van der Waals surface area contributed by atoms with E-state index in [2.05, 4.69) is 19.2 Å². The van der Waals surface area contributed by atoms with Crippen LogP contribution in [-0.4, -0.2) is 18.1 Å². The Labute approximate surface area is 107 Å². The molecule has 0 aromatic heterocycles. The van der Waals surface area contributed by atoms with E-state index in [4.69, 9.17) is 4.74 Å². The smallest absolute Gasteiger partial charge is 0.275 e. The maximum Gasteiger partial charge on any atom is 0.275 e. The molecule has 18 heavy (non-hydrogen) atoms. The van der Waals surface area contributed by atoms with Crippen LogP contribution in [0, 0.1) is 10.1 Å². The second kappa shape index (κ2) is 6.83. The van der Waals surface area contributed by atoms with Crippen LogP contribution in [0.2, 0.25) is 0 Å². The first-order valence-electron chi connectivity index (χ1n) is 6.20. The zero-order chi connectivity index (χ0) is 13.5. The molecule has 0 radical (unpaired) electrons. The largest absolute Gasteiger partial charge is 0.496 e. The van der Waals surface area contributed by atoms with E-state index in [1.807, 2.05) is 0 Å². The van der Waals surface area contributed by atoms with Crippen molar-refractivity contribution in [3.8, 4) is 5.75 Å². The molecule has 0 bridgehead atoms. The Morgan fingerprint density at radius 1 is 1.39 bits per heavy atom. The number of anilines is 1. The molecule has 100 valence electrons. The SMILES string of the molecule is CCCC(CC)Nc1cc(OC)cc([N+](=O)[O-])c1. The molecular weight excluding hydrogens is 232 g/mol. The molecule has 0 spiro atoms. The number of methoxy groups -OCH3 is 1. The predicted octanol–water partition coefficient (Wildman–Crippen LogP) is 3.59. The Balaban J connectivity index is 2.93. The molecule has 5 heteroatoms. The maximum absolute atomic E-state index is 10.8. The van der Waals surface area contributed by atoms with Crippen LogP contribution < -0.4 is 10.1 Å². The number of nitro groups is 1. The molecule has 5 nitrogen and oxygen atoms in total. The molecule has 0 heterocycles. The second-order valence-electron chi connectivity index (χ2n) is 4.22. The fourth-order valence-corrected chi connectivity index (χ4v) is 1.85. The van der Waals surface area contributed by atoms with Gasteiger partial charge in [0.15, 0.2) is 0 Å². The van der Waals surface area contributed by atoms with Crippen molar-refractivity contribution in [1.82, 2.24) is 0 Å². The Hall–Kier alpha value is -1.78. The zero-order valence-corrected chi connectivity index (χ0v) is 11.1. The standard InChI is InChI=1S/C13H20N2O3/c1-4-6-10(5-2)14-11-7-12(15(16)17)9-13(8-11)18-3/h7-10,14H,4-6H2,1-3H3. The number of benzene rings is 1. The van der Waals surface area contributed by atoms with E-state index in [1.54, 1.807) is 12.1 Å². The Bertz CT molecular complexity index is 407. The van der Waals surface area contributed by atoms with Gasteiger partial charge in [-0.2, -0.15) is 0 Å². The highest BCUT2D eigenvalue weighted by atomic mass is 16.6. The lowest BCUT2D eigenvalue weighted by atomic mass is 10.1. The molecule has 1 atom stereocenters. The molecular formula is C13H20N2O3. The van der Waals surface area contributed by atoms with E-state index in [1.165, 1.54) is 13.2 Å². The summed E-state index contributed by atoms with van der Waals surface area (Å²) in [6, 6.07) is 5.08. The highest BCUT2D eigenvalue weighted by molar-refractivity contribution is 5.56. The van der Waals surface area contributed by atoms with Crippen LogP contribution >= 0.6 is 0 Å². The lowest BCUT2D eigenvalue weighted by molar-refractivity contribution is -0.384. The van der Waals surface area contributed by atoms with Crippen molar-refractivity contribution in [3.63, 3.8) is 0 Å². The van der Waals surface area contributed by atoms with Gasteiger partial charge < -0.3 is 10.1 Å². The van der Waals surface area contributed by atoms with Crippen LogP contribution in [0.1, 0.15) is 33.1 Å². The summed E-state index contributed by atoms with van der Waals surface area (Å²) in [7, 11) is 1.51. The first-order chi connectivity index (χ1) is 8.60. The molecule has 0 saturated heterocycles. The maximum atomic E-state index is 10.8. The van der Waals surface area contributed by atoms with Gasteiger partial charge >= 0.3 is 0 Å². The van der Waals surface area contributed by atoms with Gasteiger partial charge in [0.1, 0.15) is 5.75 Å². The molecule has 0 aliphatic rings. The predicted molar refractivity (Wildman–Crippen MR) is 72.3 cm³/mol. The lowest BCUT2D eigenvalue weighted by Crippen LogP contribution is -2.18. The van der Waals surface area contributed by atoms with Crippen molar-refractivity contribution in [2.45, 2.75) is 39.2 Å². The summed E-state index contributed by atoms with van der Waals surface area (Å²) >= 11 is 0. The molecule has 0 aliphatic heterocycles. The number of ether oxygens (including phenoxy) is 1. The molecule has 0 amide bonds. The number of nitrogens with zero attached hydrogens (tertiary/aromatic N) is 1. The molecule has 0 aliphatic carbocycles. The van der Waals surface area contributed by atoms with Gasteiger partial charge in [-0.05, 0) is 12.8 Å². The molecule has 1 aromatic carbocycles. The van der Waals surface area contributed by atoms with Gasteiger partial charge in [-0.1, -0.05) is 20.3 Å². The van der Waals surface area contributed by atoms with Crippen molar-refractivity contribution in [1.29, 1.82) is 0 Å². The van der Waals surface area contributed by atoms with Gasteiger partial charge in [0.25, 0.3) is 5.69 Å². The lowest BCUT2D eigenvalue weighted by Gasteiger charge is -2.17. The number of nitrogens with one attached hydrogen (secondary N) is 1. The average molecular weight is 252 g/mol. The monoisotopic (exact) mass is 252 g/mol. The quantitative estimate of drug-likeness (QED) is 0.595. The Kier molecular flexibility index (Phi) is 5.42. The summed E-state index contributed by atoms with van der Waals surface area (Å²) in [5.74, 6) is 0.498. The van der Waals surface area contributed by atoms with Crippen LogP contribution in [0.4, 0.5) is 11.4 Å². The summed E-state index contributed by atoms with van der Waals surface area (Å²) in [4.78, 5) is 10.4. The van der Waals surface area contributed by atoms with E-state index in [9.17, 15) is 10.1 Å². The third-order valence-electron chi connectivity index (χ3n) is 2.84. The summed E-state index contributed by atoms with van der Waals surface area (Å²) in [6.45, 7) is 4.22. The van der Waals surface area contributed by atoms with Crippen molar-refractivity contribution in [2.75, 3.05) is 12.4 Å². The topological polar surface area (TPSA) is 64.4 Å². The van der Waals surface area contributed by atoms with E-state index >= 15 is 0 Å². The molecule has 0 saturated carbocycles. The highest BCUT2D eigenvalue weighted by Gasteiger charge is 2.12. The van der Waals surface area contributed by atoms with Crippen molar-refractivity contribution in [2.24, 2.45) is 0 Å². The van der Waals surface area contributed by atoms with Crippen LogP contribution in [0.5, 0.6) is 5.75 Å². The highest BCUT2D eigenvalue weighted by Crippen LogP contribution is 2.26. The minimum absolute atomic E-state index is 0.0446. The average Bonchev–Trinajstić information content (AvgIpc) is 2.37. The minimum atomic E-state index is -0.408. The van der Waals surface area contributed by atoms with E-state index in [0.29, 0.717) is 11.8 Å². The summed E-state index contributed by atoms with van der Waals surface area (Å²) in [5, 5.41) is 14.1. The van der Waals surface area contributed by atoms with Crippen molar-refractivity contribution in [3.05, 3.63) is 28.3 Å². The van der Waals surface area contributed by atoms with Crippen LogP contribution in [-0.2, 0) is 0 Å². The first kappa shape index (κ1) is 14.3. The van der Waals surface area contributed by atoms with Crippen molar-refractivity contribution >= 4 is 11.4 Å². The molecule has 1 aromatic rings. The number of non-ortho nitro benzene ring substituents is 1.